The number of thiophene rings is 1. The van der Waals surface area contributed by atoms with Crippen molar-refractivity contribution in [2.24, 2.45) is 0 Å². The van der Waals surface area contributed by atoms with Crippen molar-refractivity contribution in [3.8, 4) is 0 Å². The molecule has 0 atom stereocenters. The van der Waals surface area contributed by atoms with Gasteiger partial charge in [0.15, 0.2) is 0 Å². The first kappa shape index (κ1) is 16.2. The van der Waals surface area contributed by atoms with Crippen molar-refractivity contribution in [3.05, 3.63) is 28.1 Å². The first-order valence-corrected chi connectivity index (χ1v) is 9.06. The third-order valence-corrected chi connectivity index (χ3v) is 5.40. The Morgan fingerprint density at radius 2 is 1.83 bits per heavy atom. The van der Waals surface area contributed by atoms with E-state index in [1.165, 1.54) is 16.2 Å². The predicted molar refractivity (Wildman–Crippen MR) is 91.9 cm³/mol. The molecule has 0 spiro atoms. The van der Waals surface area contributed by atoms with Gasteiger partial charge in [0.25, 0.3) is 11.8 Å². The zero-order chi connectivity index (χ0) is 16.6. The van der Waals surface area contributed by atoms with Crippen LogP contribution in [-0.4, -0.2) is 65.3 Å². The van der Waals surface area contributed by atoms with Gasteiger partial charge in [-0.2, -0.15) is 0 Å². The van der Waals surface area contributed by atoms with Crippen LogP contribution in [0.2, 0.25) is 0 Å². The van der Waals surface area contributed by atoms with Crippen molar-refractivity contribution >= 4 is 28.7 Å². The van der Waals surface area contributed by atoms with E-state index in [9.17, 15) is 9.59 Å². The highest BCUT2D eigenvalue weighted by atomic mass is 32.1. The Morgan fingerprint density at radius 3 is 2.35 bits per heavy atom. The summed E-state index contributed by atoms with van der Waals surface area (Å²) >= 11 is 1.52. The van der Waals surface area contributed by atoms with Gasteiger partial charge < -0.3 is 9.80 Å². The molecule has 0 aromatic carbocycles. The van der Waals surface area contributed by atoms with Gasteiger partial charge in [0, 0.05) is 37.1 Å². The molecule has 0 saturated carbocycles. The molecule has 0 radical (unpaired) electrons. The summed E-state index contributed by atoms with van der Waals surface area (Å²) in [6.45, 7) is 10.4. The van der Waals surface area contributed by atoms with Crippen LogP contribution in [0.1, 0.15) is 25.6 Å². The summed E-state index contributed by atoms with van der Waals surface area (Å²) < 4.78 is 0. The van der Waals surface area contributed by atoms with Gasteiger partial charge in [0.1, 0.15) is 5.70 Å². The van der Waals surface area contributed by atoms with Crippen LogP contribution in [0.4, 0.5) is 0 Å². The fraction of sp³-hybridized carbons (Fsp3) is 0.529. The maximum Gasteiger partial charge on any atom is 0.278 e. The lowest BCUT2D eigenvalue weighted by atomic mass is 10.1. The normalized spacial score (nSPS) is 20.3. The highest BCUT2D eigenvalue weighted by Crippen LogP contribution is 2.35. The standard InChI is InChI=1S/C17H23N3O2S/c1-4-18-7-9-19(10-8-18)15-14(13-6-5-11-23-13)16(21)20(12(2)3)17(15)22/h5-6,11-12H,4,7-10H2,1-3H3. The van der Waals surface area contributed by atoms with Crippen LogP contribution in [0, 0.1) is 0 Å². The number of likely N-dealkylation sites (N-methyl/N-ethyl adjacent to an activating group) is 1. The van der Waals surface area contributed by atoms with Crippen LogP contribution in [0.15, 0.2) is 23.2 Å². The highest BCUT2D eigenvalue weighted by molar-refractivity contribution is 7.11. The Bertz CT molecular complexity index is 628. The molecule has 2 amide bonds. The molecule has 3 rings (SSSR count). The molecular weight excluding hydrogens is 310 g/mol. The summed E-state index contributed by atoms with van der Waals surface area (Å²) in [5.41, 5.74) is 1.19. The van der Waals surface area contributed by atoms with Crippen LogP contribution in [0.25, 0.3) is 5.57 Å². The van der Waals surface area contributed by atoms with Gasteiger partial charge >= 0.3 is 0 Å². The van der Waals surface area contributed by atoms with Gasteiger partial charge in [-0.25, -0.2) is 0 Å². The number of amides is 2. The average Bonchev–Trinajstić information content (AvgIpc) is 3.13. The van der Waals surface area contributed by atoms with E-state index >= 15 is 0 Å². The molecular formula is C17H23N3O2S. The number of carbonyl (C=O) groups excluding carboxylic acids is 2. The zero-order valence-electron chi connectivity index (χ0n) is 13.9. The van der Waals surface area contributed by atoms with E-state index < -0.39 is 0 Å². The summed E-state index contributed by atoms with van der Waals surface area (Å²) in [7, 11) is 0. The number of rotatable bonds is 4. The number of carbonyl (C=O) groups is 2. The lowest BCUT2D eigenvalue weighted by Crippen LogP contribution is -2.47. The summed E-state index contributed by atoms with van der Waals surface area (Å²) in [4.78, 5) is 32.5. The number of hydrogen-bond acceptors (Lipinski definition) is 5. The van der Waals surface area contributed by atoms with Crippen LogP contribution < -0.4 is 0 Å². The smallest absolute Gasteiger partial charge is 0.278 e. The maximum atomic E-state index is 12.9. The Morgan fingerprint density at radius 1 is 1.13 bits per heavy atom. The summed E-state index contributed by atoms with van der Waals surface area (Å²) in [6, 6.07) is 3.73. The zero-order valence-corrected chi connectivity index (χ0v) is 14.7. The molecule has 1 fully saturated rings. The molecule has 1 aromatic heterocycles. The molecule has 2 aliphatic heterocycles. The quantitative estimate of drug-likeness (QED) is 0.789. The van der Waals surface area contributed by atoms with E-state index in [0.717, 1.165) is 37.6 Å². The Hall–Kier alpha value is -1.66. The predicted octanol–water partition coefficient (Wildman–Crippen LogP) is 1.87. The summed E-state index contributed by atoms with van der Waals surface area (Å²) in [5.74, 6) is -0.293. The summed E-state index contributed by atoms with van der Waals surface area (Å²) in [6.07, 6.45) is 0. The minimum absolute atomic E-state index is 0.126. The third-order valence-electron chi connectivity index (χ3n) is 4.51. The van der Waals surface area contributed by atoms with Crippen LogP contribution in [0.3, 0.4) is 0 Å². The Kier molecular flexibility index (Phi) is 4.55. The SMILES string of the molecule is CCN1CCN(C2=C(c3cccs3)C(=O)N(C(C)C)C2=O)CC1. The van der Waals surface area contributed by atoms with Gasteiger partial charge in [-0.15, -0.1) is 11.3 Å². The minimum atomic E-state index is -0.152. The van der Waals surface area contributed by atoms with E-state index in [1.54, 1.807) is 0 Å². The van der Waals surface area contributed by atoms with Crippen molar-refractivity contribution in [1.82, 2.24) is 14.7 Å². The highest BCUT2D eigenvalue weighted by Gasteiger charge is 2.43. The van der Waals surface area contributed by atoms with Gasteiger partial charge in [-0.3, -0.25) is 14.5 Å². The second-order valence-electron chi connectivity index (χ2n) is 6.20. The van der Waals surface area contributed by atoms with E-state index in [1.807, 2.05) is 31.4 Å². The van der Waals surface area contributed by atoms with Crippen molar-refractivity contribution in [1.29, 1.82) is 0 Å². The molecule has 2 aliphatic rings. The largest absolute Gasteiger partial charge is 0.364 e. The second-order valence-corrected chi connectivity index (χ2v) is 7.14. The van der Waals surface area contributed by atoms with Crippen molar-refractivity contribution in [2.45, 2.75) is 26.8 Å². The van der Waals surface area contributed by atoms with Crippen LogP contribution in [0.5, 0.6) is 0 Å². The lowest BCUT2D eigenvalue weighted by molar-refractivity contribution is -0.139. The number of hydrogen-bond donors (Lipinski definition) is 0. The molecule has 0 N–H and O–H groups in total. The third kappa shape index (κ3) is 2.81. The summed E-state index contributed by atoms with van der Waals surface area (Å²) in [5, 5.41) is 1.95. The number of nitrogens with zero attached hydrogens (tertiary/aromatic N) is 3. The first-order valence-electron chi connectivity index (χ1n) is 8.18. The van der Waals surface area contributed by atoms with Gasteiger partial charge in [0.05, 0.1) is 5.57 Å². The van der Waals surface area contributed by atoms with Gasteiger partial charge in [0.2, 0.25) is 0 Å². The molecule has 0 bridgehead atoms. The Labute approximate surface area is 141 Å². The average molecular weight is 333 g/mol. The fourth-order valence-corrected chi connectivity index (χ4v) is 3.99. The monoisotopic (exact) mass is 333 g/mol. The Balaban J connectivity index is 1.98. The van der Waals surface area contributed by atoms with Crippen LogP contribution >= 0.6 is 11.3 Å². The molecule has 1 saturated heterocycles. The maximum absolute atomic E-state index is 12.9. The fourth-order valence-electron chi connectivity index (χ4n) is 3.23. The number of piperazine rings is 1. The molecule has 0 aliphatic carbocycles. The van der Waals surface area contributed by atoms with E-state index in [2.05, 4.69) is 16.7 Å². The van der Waals surface area contributed by atoms with Crippen molar-refractivity contribution in [2.75, 3.05) is 32.7 Å². The van der Waals surface area contributed by atoms with E-state index in [-0.39, 0.29) is 17.9 Å². The second kappa shape index (κ2) is 6.45. The van der Waals surface area contributed by atoms with Gasteiger partial charge in [-0.05, 0) is 31.8 Å². The molecule has 23 heavy (non-hydrogen) atoms. The molecule has 0 unspecified atom stereocenters. The van der Waals surface area contributed by atoms with Crippen molar-refractivity contribution in [3.63, 3.8) is 0 Å². The van der Waals surface area contributed by atoms with E-state index in [4.69, 9.17) is 0 Å². The first-order chi connectivity index (χ1) is 11.0. The lowest BCUT2D eigenvalue weighted by Gasteiger charge is -2.36. The molecule has 124 valence electrons. The van der Waals surface area contributed by atoms with Crippen molar-refractivity contribution < 1.29 is 9.59 Å². The van der Waals surface area contributed by atoms with Gasteiger partial charge in [-0.1, -0.05) is 13.0 Å². The minimum Gasteiger partial charge on any atom is -0.364 e. The molecule has 5 nitrogen and oxygen atoms in total. The molecule has 1 aromatic rings. The molecule has 6 heteroatoms. The molecule has 3 heterocycles. The van der Waals surface area contributed by atoms with E-state index in [0.29, 0.717) is 11.3 Å². The van der Waals surface area contributed by atoms with Crippen LogP contribution in [-0.2, 0) is 9.59 Å². The topological polar surface area (TPSA) is 43.9 Å². The number of imide groups is 1.